The lowest BCUT2D eigenvalue weighted by molar-refractivity contribution is 0.201. The van der Waals surface area contributed by atoms with E-state index in [-0.39, 0.29) is 0 Å². The highest BCUT2D eigenvalue weighted by molar-refractivity contribution is 6.32. The van der Waals surface area contributed by atoms with Crippen LogP contribution in [0.4, 0.5) is 22.0 Å². The summed E-state index contributed by atoms with van der Waals surface area (Å²) in [5, 5.41) is 13.6. The first-order chi connectivity index (χ1) is 15.2. The molecule has 2 unspecified atom stereocenters. The summed E-state index contributed by atoms with van der Waals surface area (Å²) in [6.45, 7) is 11.0. The summed E-state index contributed by atoms with van der Waals surface area (Å²) in [6, 6.07) is 1.26. The molecule has 2 aliphatic rings. The van der Waals surface area contributed by atoms with Gasteiger partial charge in [-0.25, -0.2) is 9.37 Å². The van der Waals surface area contributed by atoms with Gasteiger partial charge < -0.3 is 15.5 Å². The Morgan fingerprint density at radius 1 is 1.31 bits per heavy atom. The minimum Gasteiger partial charge on any atom is -0.344 e. The first-order valence-corrected chi connectivity index (χ1v) is 11.5. The highest BCUT2D eigenvalue weighted by Gasteiger charge is 2.37. The first kappa shape index (κ1) is 22.7. The van der Waals surface area contributed by atoms with Crippen LogP contribution >= 0.6 is 11.6 Å². The van der Waals surface area contributed by atoms with Crippen molar-refractivity contribution in [2.24, 2.45) is 5.92 Å². The molecule has 2 aromatic heterocycles. The molecule has 1 fully saturated rings. The Balaban J connectivity index is 1.49. The maximum atomic E-state index is 15.8. The van der Waals surface area contributed by atoms with Crippen LogP contribution in [-0.2, 0) is 0 Å². The van der Waals surface area contributed by atoms with Gasteiger partial charge in [-0.2, -0.15) is 10.1 Å². The number of likely N-dealkylation sites (tertiary alicyclic amines) is 1. The van der Waals surface area contributed by atoms with Crippen molar-refractivity contribution in [3.8, 4) is 0 Å². The van der Waals surface area contributed by atoms with Crippen LogP contribution in [-0.4, -0.2) is 56.4 Å². The fraction of sp³-hybridized carbons (Fsp3) is 0.522. The largest absolute Gasteiger partial charge is 0.344 e. The number of aromatic nitrogens is 4. The molecule has 172 valence electrons. The van der Waals surface area contributed by atoms with Gasteiger partial charge in [0.15, 0.2) is 17.3 Å². The summed E-state index contributed by atoms with van der Waals surface area (Å²) >= 11 is 6.25. The summed E-state index contributed by atoms with van der Waals surface area (Å²) in [5.74, 6) is 1.71. The van der Waals surface area contributed by atoms with E-state index in [0.29, 0.717) is 28.5 Å². The summed E-state index contributed by atoms with van der Waals surface area (Å²) in [7, 11) is 0. The summed E-state index contributed by atoms with van der Waals surface area (Å²) in [5.41, 5.74) is 1.60. The van der Waals surface area contributed by atoms with Crippen molar-refractivity contribution in [2.45, 2.75) is 52.2 Å². The van der Waals surface area contributed by atoms with E-state index < -0.39 is 11.7 Å². The number of allylic oxidation sites excluding steroid dienone is 2. The number of alkyl halides is 1. The van der Waals surface area contributed by atoms with Gasteiger partial charge in [0.25, 0.3) is 0 Å². The number of rotatable bonds is 6. The average Bonchev–Trinajstić information content (AvgIpc) is 3.17. The van der Waals surface area contributed by atoms with E-state index in [2.05, 4.69) is 49.5 Å². The second kappa shape index (κ2) is 9.19. The Kier molecular flexibility index (Phi) is 6.53. The molecule has 3 N–H and O–H groups in total. The Morgan fingerprint density at radius 3 is 2.72 bits per heavy atom. The molecule has 0 aromatic carbocycles. The number of aryl methyl sites for hydroxylation is 1. The number of nitrogens with one attached hydrogen (secondary N) is 3. The lowest BCUT2D eigenvalue weighted by atomic mass is 9.77. The standard InChI is InChI=1S/C23H31ClFN7/c1-5-32-8-6-16(7-9-32)17-12-23(4,25)19(10-14(17)2)27-22-26-13-18(24)21(29-22)28-20-11-15(3)30-31-20/h10-13,16,19H,5-9H2,1-4H3,(H3,26,27,28,29,30,31). The molecular formula is C23H31ClFN7. The van der Waals surface area contributed by atoms with Gasteiger partial charge in [0.2, 0.25) is 5.95 Å². The summed E-state index contributed by atoms with van der Waals surface area (Å²) in [4.78, 5) is 11.1. The van der Waals surface area contributed by atoms with Crippen molar-refractivity contribution in [3.05, 3.63) is 46.3 Å². The predicted octanol–water partition coefficient (Wildman–Crippen LogP) is 5.03. The van der Waals surface area contributed by atoms with Crippen molar-refractivity contribution < 1.29 is 4.39 Å². The van der Waals surface area contributed by atoms with Crippen LogP contribution in [0.15, 0.2) is 35.6 Å². The average molecular weight is 460 g/mol. The lowest BCUT2D eigenvalue weighted by Crippen LogP contribution is -2.42. The molecule has 7 nitrogen and oxygen atoms in total. The van der Waals surface area contributed by atoms with Gasteiger partial charge in [-0.1, -0.05) is 24.6 Å². The quantitative estimate of drug-likeness (QED) is 0.562. The zero-order valence-electron chi connectivity index (χ0n) is 19.0. The molecular weight excluding hydrogens is 429 g/mol. The smallest absolute Gasteiger partial charge is 0.225 e. The Bertz CT molecular complexity index is 1020. The van der Waals surface area contributed by atoms with E-state index in [1.807, 2.05) is 19.1 Å². The molecule has 4 rings (SSSR count). The molecule has 0 bridgehead atoms. The molecule has 32 heavy (non-hydrogen) atoms. The molecule has 0 spiro atoms. The third-order valence-electron chi connectivity index (χ3n) is 6.37. The molecule has 0 saturated carbocycles. The molecule has 2 atom stereocenters. The number of halogens is 2. The molecule has 1 saturated heterocycles. The zero-order chi connectivity index (χ0) is 22.9. The second-order valence-corrected chi connectivity index (χ2v) is 9.29. The molecule has 1 aliphatic heterocycles. The minimum absolute atomic E-state index is 0.301. The number of H-pyrrole nitrogens is 1. The first-order valence-electron chi connectivity index (χ1n) is 11.2. The number of nitrogens with zero attached hydrogens (tertiary/aromatic N) is 4. The number of piperidine rings is 1. The monoisotopic (exact) mass is 459 g/mol. The van der Waals surface area contributed by atoms with Gasteiger partial charge in [-0.3, -0.25) is 5.10 Å². The Hall–Kier alpha value is -2.45. The van der Waals surface area contributed by atoms with Crippen LogP contribution in [0.3, 0.4) is 0 Å². The van der Waals surface area contributed by atoms with Crippen LogP contribution in [0.25, 0.3) is 0 Å². The van der Waals surface area contributed by atoms with Crippen LogP contribution in [0.2, 0.25) is 5.02 Å². The van der Waals surface area contributed by atoms with Crippen LogP contribution in [0.5, 0.6) is 0 Å². The van der Waals surface area contributed by atoms with E-state index in [9.17, 15) is 0 Å². The summed E-state index contributed by atoms with van der Waals surface area (Å²) in [6.07, 6.45) is 7.40. The van der Waals surface area contributed by atoms with Crippen LogP contribution in [0.1, 0.15) is 39.3 Å². The van der Waals surface area contributed by atoms with E-state index in [1.165, 1.54) is 6.20 Å². The fourth-order valence-corrected chi connectivity index (χ4v) is 4.60. The van der Waals surface area contributed by atoms with Crippen LogP contribution < -0.4 is 10.6 Å². The van der Waals surface area contributed by atoms with Gasteiger partial charge >= 0.3 is 0 Å². The minimum atomic E-state index is -1.56. The third-order valence-corrected chi connectivity index (χ3v) is 6.65. The van der Waals surface area contributed by atoms with Gasteiger partial charge in [-0.15, -0.1) is 0 Å². The number of hydrogen-bond donors (Lipinski definition) is 3. The molecule has 2 aromatic rings. The highest BCUT2D eigenvalue weighted by atomic mass is 35.5. The lowest BCUT2D eigenvalue weighted by Gasteiger charge is -2.37. The maximum absolute atomic E-state index is 15.8. The highest BCUT2D eigenvalue weighted by Crippen LogP contribution is 2.38. The maximum Gasteiger partial charge on any atom is 0.225 e. The Morgan fingerprint density at radius 2 is 2.06 bits per heavy atom. The van der Waals surface area contributed by atoms with Gasteiger partial charge in [-0.05, 0) is 76.4 Å². The van der Waals surface area contributed by atoms with Crippen molar-refractivity contribution in [3.63, 3.8) is 0 Å². The predicted molar refractivity (Wildman–Crippen MR) is 127 cm³/mol. The van der Waals surface area contributed by atoms with Gasteiger partial charge in [0, 0.05) is 11.8 Å². The Labute approximate surface area is 193 Å². The van der Waals surface area contributed by atoms with Gasteiger partial charge in [0.05, 0.1) is 12.2 Å². The van der Waals surface area contributed by atoms with E-state index in [4.69, 9.17) is 11.6 Å². The van der Waals surface area contributed by atoms with E-state index in [0.717, 1.165) is 49.3 Å². The van der Waals surface area contributed by atoms with Crippen molar-refractivity contribution >= 4 is 29.2 Å². The SMILES string of the molecule is CCN1CCC(C2=CC(C)(F)C(Nc3ncc(Cl)c(Nc4cc(C)[nH]n4)n3)C=C2C)CC1. The number of aromatic amines is 1. The number of hydrogen-bond acceptors (Lipinski definition) is 6. The number of anilines is 3. The molecule has 3 heterocycles. The zero-order valence-corrected chi connectivity index (χ0v) is 19.8. The molecule has 0 amide bonds. The van der Waals surface area contributed by atoms with Crippen molar-refractivity contribution in [1.82, 2.24) is 25.1 Å². The molecule has 0 radical (unpaired) electrons. The molecule has 9 heteroatoms. The van der Waals surface area contributed by atoms with Crippen molar-refractivity contribution in [2.75, 3.05) is 30.3 Å². The molecule has 1 aliphatic carbocycles. The second-order valence-electron chi connectivity index (χ2n) is 8.88. The fourth-order valence-electron chi connectivity index (χ4n) is 4.47. The topological polar surface area (TPSA) is 81.8 Å². The van der Waals surface area contributed by atoms with Gasteiger partial charge in [0.1, 0.15) is 5.02 Å². The van der Waals surface area contributed by atoms with E-state index in [1.54, 1.807) is 13.0 Å². The summed E-state index contributed by atoms with van der Waals surface area (Å²) < 4.78 is 15.8. The van der Waals surface area contributed by atoms with Crippen molar-refractivity contribution in [1.29, 1.82) is 0 Å². The van der Waals surface area contributed by atoms with E-state index >= 15 is 4.39 Å². The van der Waals surface area contributed by atoms with Crippen LogP contribution in [0, 0.1) is 12.8 Å². The normalized spacial score (nSPS) is 24.8. The third kappa shape index (κ3) is 4.96.